The molecule has 0 saturated carbocycles. The zero-order valence-electron chi connectivity index (χ0n) is 21.1. The van der Waals surface area contributed by atoms with Crippen LogP contribution in [0.3, 0.4) is 0 Å². The van der Waals surface area contributed by atoms with Gasteiger partial charge < -0.3 is 20.1 Å². The van der Waals surface area contributed by atoms with Gasteiger partial charge in [0, 0.05) is 35.1 Å². The number of rotatable bonds is 9. The van der Waals surface area contributed by atoms with Gasteiger partial charge in [0.2, 0.25) is 0 Å². The number of hydrogen-bond donors (Lipinski definition) is 3. The minimum atomic E-state index is -0.146. The van der Waals surface area contributed by atoms with Crippen LogP contribution in [-0.4, -0.2) is 16.1 Å². The number of carbonyl (C=O) groups is 1. The molecule has 1 amide bonds. The van der Waals surface area contributed by atoms with Crippen molar-refractivity contribution in [2.45, 2.75) is 13.2 Å². The highest BCUT2D eigenvalue weighted by atomic mass is 16.5. The van der Waals surface area contributed by atoms with E-state index in [1.807, 2.05) is 109 Å². The molecule has 6 rings (SSSR count). The molecule has 1 aliphatic rings. The lowest BCUT2D eigenvalue weighted by Gasteiger charge is -2.12. The molecule has 192 valence electrons. The van der Waals surface area contributed by atoms with Gasteiger partial charge in [0.1, 0.15) is 30.5 Å². The van der Waals surface area contributed by atoms with Crippen LogP contribution in [0.5, 0.6) is 11.5 Å². The van der Waals surface area contributed by atoms with Crippen molar-refractivity contribution < 1.29 is 14.3 Å². The summed E-state index contributed by atoms with van der Waals surface area (Å²) in [5, 5.41) is 13.5. The van der Waals surface area contributed by atoms with E-state index in [0.717, 1.165) is 27.9 Å². The van der Waals surface area contributed by atoms with Crippen LogP contribution in [-0.2, 0) is 18.0 Å². The molecule has 39 heavy (non-hydrogen) atoms. The van der Waals surface area contributed by atoms with Crippen LogP contribution in [0, 0.1) is 0 Å². The van der Waals surface area contributed by atoms with Crippen LogP contribution in [0.2, 0.25) is 0 Å². The lowest BCUT2D eigenvalue weighted by molar-refractivity contribution is -0.110. The van der Waals surface area contributed by atoms with Gasteiger partial charge in [-0.25, -0.2) is 0 Å². The van der Waals surface area contributed by atoms with E-state index >= 15 is 0 Å². The Labute approximate surface area is 226 Å². The standard InChI is InChI=1S/C32H26N4O3/c37-32-28(27-13-7-8-14-29(27)34-32)19-33-31-18-30(35-36-31)24-15-25(38-20-22-9-3-1-4-10-22)17-26(16-24)39-21-23-11-5-2-6-12-23/h1-19H,20-21H2,(H,34,37)(H2,33,35,36). The van der Waals surface area contributed by atoms with Gasteiger partial charge in [-0.1, -0.05) is 78.9 Å². The molecule has 3 N–H and O–H groups in total. The highest BCUT2D eigenvalue weighted by Gasteiger charge is 2.23. The van der Waals surface area contributed by atoms with Gasteiger partial charge in [0.05, 0.1) is 11.3 Å². The Balaban J connectivity index is 1.23. The number of para-hydroxylation sites is 1. The number of anilines is 2. The smallest absolute Gasteiger partial charge is 0.257 e. The third-order valence-corrected chi connectivity index (χ3v) is 6.33. The molecule has 0 bridgehead atoms. The minimum Gasteiger partial charge on any atom is -0.489 e. The van der Waals surface area contributed by atoms with Crippen LogP contribution in [0.1, 0.15) is 16.7 Å². The molecule has 2 heterocycles. The number of H-pyrrole nitrogens is 1. The molecule has 0 saturated heterocycles. The fourth-order valence-electron chi connectivity index (χ4n) is 4.34. The normalized spacial score (nSPS) is 13.1. The van der Waals surface area contributed by atoms with Crippen molar-refractivity contribution in [2.24, 2.45) is 0 Å². The minimum absolute atomic E-state index is 0.146. The first-order chi connectivity index (χ1) is 19.2. The third-order valence-electron chi connectivity index (χ3n) is 6.33. The van der Waals surface area contributed by atoms with Gasteiger partial charge in [0.15, 0.2) is 0 Å². The second-order valence-electron chi connectivity index (χ2n) is 9.11. The lowest BCUT2D eigenvalue weighted by atomic mass is 10.1. The van der Waals surface area contributed by atoms with Crippen molar-refractivity contribution in [3.63, 3.8) is 0 Å². The fraction of sp³-hybridized carbons (Fsp3) is 0.0625. The number of ether oxygens (including phenoxy) is 2. The van der Waals surface area contributed by atoms with Gasteiger partial charge in [-0.2, -0.15) is 5.10 Å². The molecular weight excluding hydrogens is 488 g/mol. The summed E-state index contributed by atoms with van der Waals surface area (Å²) in [7, 11) is 0. The molecule has 0 radical (unpaired) electrons. The monoisotopic (exact) mass is 514 g/mol. The second kappa shape index (κ2) is 11.0. The van der Waals surface area contributed by atoms with Gasteiger partial charge in [0.25, 0.3) is 5.91 Å². The molecule has 0 spiro atoms. The Morgan fingerprint density at radius 2 is 1.36 bits per heavy atom. The summed E-state index contributed by atoms with van der Waals surface area (Å²) in [5.41, 5.74) is 5.92. The van der Waals surface area contributed by atoms with Crippen molar-refractivity contribution in [1.29, 1.82) is 0 Å². The Kier molecular flexibility index (Phi) is 6.78. The van der Waals surface area contributed by atoms with Crippen molar-refractivity contribution in [3.05, 3.63) is 132 Å². The summed E-state index contributed by atoms with van der Waals surface area (Å²) in [5.74, 6) is 1.86. The number of carbonyl (C=O) groups excluding carboxylic acids is 1. The maximum absolute atomic E-state index is 12.4. The number of hydrogen-bond acceptors (Lipinski definition) is 5. The number of nitrogens with zero attached hydrogens (tertiary/aromatic N) is 1. The number of nitrogens with one attached hydrogen (secondary N) is 3. The van der Waals surface area contributed by atoms with Crippen molar-refractivity contribution >= 4 is 23.0 Å². The first-order valence-electron chi connectivity index (χ1n) is 12.6. The summed E-state index contributed by atoms with van der Waals surface area (Å²) in [6.45, 7) is 0.875. The molecule has 0 fully saturated rings. The van der Waals surface area contributed by atoms with Gasteiger partial charge >= 0.3 is 0 Å². The average Bonchev–Trinajstić information content (AvgIpc) is 3.58. The number of benzene rings is 4. The van der Waals surface area contributed by atoms with Gasteiger partial charge in [-0.05, 0) is 29.3 Å². The van der Waals surface area contributed by atoms with Crippen LogP contribution < -0.4 is 20.1 Å². The largest absolute Gasteiger partial charge is 0.489 e. The van der Waals surface area contributed by atoms with E-state index in [0.29, 0.717) is 41.8 Å². The highest BCUT2D eigenvalue weighted by Crippen LogP contribution is 2.33. The summed E-state index contributed by atoms with van der Waals surface area (Å²) in [6.07, 6.45) is 1.69. The molecule has 7 heteroatoms. The summed E-state index contributed by atoms with van der Waals surface area (Å²) >= 11 is 0. The Hall–Kier alpha value is -5.30. The highest BCUT2D eigenvalue weighted by molar-refractivity contribution is 6.31. The zero-order valence-corrected chi connectivity index (χ0v) is 21.1. The lowest BCUT2D eigenvalue weighted by Crippen LogP contribution is -2.05. The number of aromatic amines is 1. The molecule has 0 aliphatic carbocycles. The Bertz CT molecular complexity index is 1570. The van der Waals surface area contributed by atoms with E-state index in [-0.39, 0.29) is 5.91 Å². The summed E-state index contributed by atoms with van der Waals surface area (Å²) in [6, 6.07) is 35.3. The van der Waals surface area contributed by atoms with Crippen molar-refractivity contribution in [2.75, 3.05) is 10.6 Å². The third kappa shape index (κ3) is 5.67. The van der Waals surface area contributed by atoms with E-state index in [4.69, 9.17) is 9.47 Å². The fourth-order valence-corrected chi connectivity index (χ4v) is 4.34. The number of fused-ring (bicyclic) bond motifs is 1. The molecule has 4 aromatic carbocycles. The predicted molar refractivity (Wildman–Crippen MR) is 152 cm³/mol. The Morgan fingerprint density at radius 1 is 0.744 bits per heavy atom. The molecule has 0 atom stereocenters. The number of aromatic nitrogens is 2. The molecule has 1 aromatic heterocycles. The van der Waals surface area contributed by atoms with Gasteiger partial charge in [-0.15, -0.1) is 0 Å². The Morgan fingerprint density at radius 3 is 2.03 bits per heavy atom. The quantitative estimate of drug-likeness (QED) is 0.192. The van der Waals surface area contributed by atoms with E-state index in [1.165, 1.54) is 0 Å². The molecule has 1 aliphatic heterocycles. The molecule has 5 aromatic rings. The van der Waals surface area contributed by atoms with Crippen LogP contribution >= 0.6 is 0 Å². The SMILES string of the molecule is O=C1Nc2ccccc2C1=CNc1cc(-c2cc(OCc3ccccc3)cc(OCc3ccccc3)c2)n[nH]1. The summed E-state index contributed by atoms with van der Waals surface area (Å²) < 4.78 is 12.3. The van der Waals surface area contributed by atoms with E-state index < -0.39 is 0 Å². The average molecular weight is 515 g/mol. The van der Waals surface area contributed by atoms with Crippen LogP contribution in [0.15, 0.2) is 115 Å². The topological polar surface area (TPSA) is 88.3 Å². The first kappa shape index (κ1) is 24.1. The maximum atomic E-state index is 12.4. The zero-order chi connectivity index (χ0) is 26.4. The molecular formula is C32H26N4O3. The molecule has 7 nitrogen and oxygen atoms in total. The maximum Gasteiger partial charge on any atom is 0.257 e. The molecule has 0 unspecified atom stereocenters. The van der Waals surface area contributed by atoms with Crippen molar-refractivity contribution in [3.8, 4) is 22.8 Å². The predicted octanol–water partition coefficient (Wildman–Crippen LogP) is 6.64. The first-order valence-corrected chi connectivity index (χ1v) is 12.6. The van der Waals surface area contributed by atoms with Crippen LogP contribution in [0.4, 0.5) is 11.5 Å². The van der Waals surface area contributed by atoms with E-state index in [2.05, 4.69) is 20.8 Å². The van der Waals surface area contributed by atoms with E-state index in [1.54, 1.807) is 6.20 Å². The van der Waals surface area contributed by atoms with Crippen molar-refractivity contribution in [1.82, 2.24) is 10.2 Å². The van der Waals surface area contributed by atoms with Gasteiger partial charge in [-0.3, -0.25) is 9.89 Å². The summed E-state index contributed by atoms with van der Waals surface area (Å²) in [4.78, 5) is 12.4. The second-order valence-corrected chi connectivity index (χ2v) is 9.11. The van der Waals surface area contributed by atoms with Crippen LogP contribution in [0.25, 0.3) is 16.8 Å². The van der Waals surface area contributed by atoms with E-state index in [9.17, 15) is 4.79 Å². The number of amides is 1.